The molecule has 0 amide bonds. The van der Waals surface area contributed by atoms with Crippen molar-refractivity contribution in [1.82, 2.24) is 9.44 Å². The third-order valence-corrected chi connectivity index (χ3v) is 6.15. The average molecular weight is 476 g/mol. The zero-order valence-corrected chi connectivity index (χ0v) is 20.2. The van der Waals surface area contributed by atoms with Crippen LogP contribution in [0.5, 0.6) is 11.5 Å². The van der Waals surface area contributed by atoms with Crippen LogP contribution in [0.25, 0.3) is 0 Å². The molecule has 0 fully saturated rings. The minimum absolute atomic E-state index is 0.0812. The number of carbonyl (C=O) groups excluding carboxylic acids is 1. The van der Waals surface area contributed by atoms with Crippen LogP contribution in [0.15, 0.2) is 84.2 Å². The van der Waals surface area contributed by atoms with E-state index in [2.05, 4.69) is 22.1 Å². The second kappa shape index (κ2) is 12.8. The Morgan fingerprint density at radius 1 is 1.24 bits per heavy atom. The molecule has 34 heavy (non-hydrogen) atoms. The van der Waals surface area contributed by atoms with Gasteiger partial charge in [0.25, 0.3) is 0 Å². The molecule has 0 heterocycles. The van der Waals surface area contributed by atoms with E-state index >= 15 is 0 Å². The number of benzene rings is 2. The van der Waals surface area contributed by atoms with E-state index in [-0.39, 0.29) is 12.1 Å². The summed E-state index contributed by atoms with van der Waals surface area (Å²) < 4.78 is 18.6. The Labute approximate surface area is 205 Å². The molecule has 2 aromatic carbocycles. The molecule has 0 radical (unpaired) electrons. The van der Waals surface area contributed by atoms with Crippen LogP contribution in [-0.2, 0) is 4.79 Å². The molecule has 0 spiro atoms. The molecule has 0 bridgehead atoms. The van der Waals surface area contributed by atoms with Gasteiger partial charge in [0.05, 0.1) is 11.6 Å². The molecule has 1 aliphatic rings. The van der Waals surface area contributed by atoms with Crippen molar-refractivity contribution in [3.63, 3.8) is 0 Å². The molecule has 0 saturated carbocycles. The summed E-state index contributed by atoms with van der Waals surface area (Å²) in [6, 6.07) is 16.9. The standard InChI is InChI=1S/C27H29N3O3S/c1-4-23-24(26(5-2)32-21-10-6-19(18-28)7-11-21)14-15-27(23)33-22-12-8-20(9-13-22)25(16-17-31)30-34-29-3/h4-13,17,25,27,29-30H,1,14-16H2,2-3H3/b26-5+. The number of nitrogens with one attached hydrogen (secondary N) is 2. The highest BCUT2D eigenvalue weighted by molar-refractivity contribution is 7.95. The Morgan fingerprint density at radius 2 is 1.94 bits per heavy atom. The fourth-order valence-electron chi connectivity index (χ4n) is 3.85. The largest absolute Gasteiger partial charge is 0.486 e. The first-order chi connectivity index (χ1) is 16.6. The van der Waals surface area contributed by atoms with Gasteiger partial charge in [-0.1, -0.05) is 24.8 Å². The van der Waals surface area contributed by atoms with Gasteiger partial charge in [0.1, 0.15) is 29.6 Å². The average Bonchev–Trinajstić information content (AvgIpc) is 3.28. The molecule has 0 aromatic heterocycles. The van der Waals surface area contributed by atoms with E-state index in [0.29, 0.717) is 17.7 Å². The van der Waals surface area contributed by atoms with Crippen molar-refractivity contribution in [1.29, 1.82) is 5.26 Å². The van der Waals surface area contributed by atoms with E-state index in [1.807, 2.05) is 50.4 Å². The van der Waals surface area contributed by atoms with Gasteiger partial charge in [0.15, 0.2) is 0 Å². The molecule has 6 nitrogen and oxygen atoms in total. The molecule has 2 atom stereocenters. The molecular formula is C27H29N3O3S. The van der Waals surface area contributed by atoms with Gasteiger partial charge >= 0.3 is 0 Å². The van der Waals surface area contributed by atoms with E-state index in [1.54, 1.807) is 24.3 Å². The monoisotopic (exact) mass is 475 g/mol. The van der Waals surface area contributed by atoms with Gasteiger partial charge in [0.2, 0.25) is 0 Å². The van der Waals surface area contributed by atoms with Crippen LogP contribution in [0.4, 0.5) is 0 Å². The van der Waals surface area contributed by atoms with Crippen molar-refractivity contribution in [2.45, 2.75) is 38.3 Å². The first kappa shape index (κ1) is 25.3. The van der Waals surface area contributed by atoms with Crippen LogP contribution >= 0.6 is 12.1 Å². The minimum Gasteiger partial charge on any atom is -0.486 e. The summed E-state index contributed by atoms with van der Waals surface area (Å²) in [4.78, 5) is 11.0. The van der Waals surface area contributed by atoms with Crippen LogP contribution in [0.1, 0.15) is 43.4 Å². The fraction of sp³-hybridized carbons (Fsp3) is 0.259. The molecule has 3 rings (SSSR count). The Morgan fingerprint density at radius 3 is 2.53 bits per heavy atom. The number of carbonyl (C=O) groups is 1. The molecule has 2 N–H and O–H groups in total. The number of nitriles is 1. The Kier molecular flexibility index (Phi) is 9.53. The first-order valence-corrected chi connectivity index (χ1v) is 11.9. The zero-order chi connectivity index (χ0) is 24.3. The highest BCUT2D eigenvalue weighted by Crippen LogP contribution is 2.36. The predicted molar refractivity (Wildman–Crippen MR) is 136 cm³/mol. The van der Waals surface area contributed by atoms with Crippen LogP contribution in [0.2, 0.25) is 0 Å². The summed E-state index contributed by atoms with van der Waals surface area (Å²) in [5, 5.41) is 8.99. The minimum atomic E-state index is -0.124. The van der Waals surface area contributed by atoms with Gasteiger partial charge in [-0.3, -0.25) is 4.72 Å². The van der Waals surface area contributed by atoms with Gasteiger partial charge in [0, 0.05) is 30.2 Å². The second-order valence-electron chi connectivity index (χ2n) is 7.62. The summed E-state index contributed by atoms with van der Waals surface area (Å²) in [6.45, 7) is 5.95. The summed E-state index contributed by atoms with van der Waals surface area (Å²) in [5.41, 5.74) is 3.69. The summed E-state index contributed by atoms with van der Waals surface area (Å²) in [7, 11) is 1.82. The predicted octanol–water partition coefficient (Wildman–Crippen LogP) is 5.57. The van der Waals surface area contributed by atoms with Gasteiger partial charge in [-0.05, 0) is 80.4 Å². The maximum Gasteiger partial charge on any atom is 0.127 e. The highest BCUT2D eigenvalue weighted by atomic mass is 32.2. The molecular weight excluding hydrogens is 446 g/mol. The lowest BCUT2D eigenvalue weighted by atomic mass is 10.1. The summed E-state index contributed by atoms with van der Waals surface area (Å²) in [5.74, 6) is 2.21. The smallest absolute Gasteiger partial charge is 0.127 e. The van der Waals surface area contributed by atoms with Gasteiger partial charge in [-0.2, -0.15) is 5.26 Å². The van der Waals surface area contributed by atoms with Crippen molar-refractivity contribution >= 4 is 18.4 Å². The Hall–Kier alpha value is -3.31. The lowest BCUT2D eigenvalue weighted by Gasteiger charge is -2.19. The number of aldehydes is 1. The topological polar surface area (TPSA) is 83.4 Å². The number of rotatable bonds is 12. The Balaban J connectivity index is 1.72. The second-order valence-corrected chi connectivity index (χ2v) is 8.47. The van der Waals surface area contributed by atoms with Crippen LogP contribution < -0.4 is 18.9 Å². The maximum atomic E-state index is 11.0. The number of hydrogen-bond acceptors (Lipinski definition) is 7. The van der Waals surface area contributed by atoms with E-state index in [1.165, 1.54) is 12.1 Å². The van der Waals surface area contributed by atoms with E-state index in [4.69, 9.17) is 14.7 Å². The SMILES string of the molecule is C=CC1=C(/C(=C\C)Oc2ccc(C#N)cc2)CCC1Oc1ccc(C(CC=O)NSNC)cc1. The Bertz CT molecular complexity index is 1090. The normalized spacial score (nSPS) is 16.6. The lowest BCUT2D eigenvalue weighted by molar-refractivity contribution is -0.108. The molecule has 0 saturated heterocycles. The number of nitrogens with zero attached hydrogens (tertiary/aromatic N) is 1. The fourth-order valence-corrected chi connectivity index (χ4v) is 4.35. The van der Waals surface area contributed by atoms with E-state index in [9.17, 15) is 4.79 Å². The van der Waals surface area contributed by atoms with Crippen molar-refractivity contribution in [2.75, 3.05) is 7.05 Å². The van der Waals surface area contributed by atoms with Crippen molar-refractivity contribution in [3.8, 4) is 17.6 Å². The molecule has 7 heteroatoms. The third kappa shape index (κ3) is 6.39. The molecule has 2 aromatic rings. The third-order valence-electron chi connectivity index (χ3n) is 5.54. The van der Waals surface area contributed by atoms with Crippen molar-refractivity contribution < 1.29 is 14.3 Å². The van der Waals surface area contributed by atoms with Crippen molar-refractivity contribution in [2.24, 2.45) is 0 Å². The summed E-state index contributed by atoms with van der Waals surface area (Å²) >= 11 is 1.35. The maximum absolute atomic E-state index is 11.0. The van der Waals surface area contributed by atoms with Gasteiger partial charge in [-0.15, -0.1) is 0 Å². The van der Waals surface area contributed by atoms with E-state index in [0.717, 1.165) is 47.3 Å². The molecule has 1 aliphatic carbocycles. The lowest BCUT2D eigenvalue weighted by Crippen LogP contribution is -2.18. The van der Waals surface area contributed by atoms with Crippen LogP contribution in [0.3, 0.4) is 0 Å². The van der Waals surface area contributed by atoms with Crippen molar-refractivity contribution in [3.05, 3.63) is 95.3 Å². The highest BCUT2D eigenvalue weighted by Gasteiger charge is 2.28. The molecule has 0 aliphatic heterocycles. The number of hydrogen-bond donors (Lipinski definition) is 2. The first-order valence-electron chi connectivity index (χ1n) is 11.1. The van der Waals surface area contributed by atoms with Crippen LogP contribution in [-0.4, -0.2) is 19.4 Å². The molecule has 2 unspecified atom stereocenters. The zero-order valence-electron chi connectivity index (χ0n) is 19.4. The molecule has 176 valence electrons. The van der Waals surface area contributed by atoms with Gasteiger partial charge in [-0.25, -0.2) is 4.72 Å². The van der Waals surface area contributed by atoms with Crippen LogP contribution in [0, 0.1) is 11.3 Å². The number of allylic oxidation sites excluding steroid dienone is 2. The number of ether oxygens (including phenoxy) is 2. The van der Waals surface area contributed by atoms with Gasteiger partial charge < -0.3 is 14.3 Å². The summed E-state index contributed by atoms with van der Waals surface area (Å²) in [6.07, 6.45) is 6.59. The quantitative estimate of drug-likeness (QED) is 0.236. The van der Waals surface area contributed by atoms with E-state index < -0.39 is 0 Å².